The first-order valence-corrected chi connectivity index (χ1v) is 9.57. The van der Waals surface area contributed by atoms with Gasteiger partial charge in [0.1, 0.15) is 11.4 Å². The minimum Gasteiger partial charge on any atom is -0.483 e. The third-order valence-corrected chi connectivity index (χ3v) is 5.93. The first-order chi connectivity index (χ1) is 12.7. The Morgan fingerprint density at radius 2 is 2.08 bits per heavy atom. The smallest absolute Gasteiger partial charge is 0.274 e. The normalized spacial score (nSPS) is 24.1. The van der Waals surface area contributed by atoms with Crippen molar-refractivity contribution in [2.24, 2.45) is 0 Å². The summed E-state index contributed by atoms with van der Waals surface area (Å²) in [6.07, 6.45) is 10.1. The van der Waals surface area contributed by atoms with Gasteiger partial charge in [-0.15, -0.1) is 0 Å². The molecule has 3 heterocycles. The summed E-state index contributed by atoms with van der Waals surface area (Å²) in [5.41, 5.74) is 3.75. The molecule has 134 valence electrons. The first-order valence-electron chi connectivity index (χ1n) is 9.57. The number of rotatable bonds is 1. The molecule has 5 nitrogen and oxygen atoms in total. The van der Waals surface area contributed by atoms with Crippen molar-refractivity contribution in [3.05, 3.63) is 52.9 Å². The van der Waals surface area contributed by atoms with Gasteiger partial charge in [-0.25, -0.2) is 0 Å². The number of amides is 1. The molecule has 5 heteroatoms. The van der Waals surface area contributed by atoms with E-state index in [2.05, 4.69) is 28.4 Å². The van der Waals surface area contributed by atoms with Crippen molar-refractivity contribution in [2.75, 3.05) is 13.1 Å². The van der Waals surface area contributed by atoms with Gasteiger partial charge in [0.25, 0.3) is 5.91 Å². The number of hydrogen-bond donors (Lipinski definition) is 1. The zero-order chi connectivity index (χ0) is 17.6. The van der Waals surface area contributed by atoms with Gasteiger partial charge in [-0.3, -0.25) is 9.89 Å². The van der Waals surface area contributed by atoms with E-state index in [1.807, 2.05) is 23.1 Å². The molecule has 5 rings (SSSR count). The lowest BCUT2D eigenvalue weighted by Crippen LogP contribution is -2.38. The molecule has 1 fully saturated rings. The minimum atomic E-state index is -0.295. The summed E-state index contributed by atoms with van der Waals surface area (Å²) in [6, 6.07) is 8.14. The molecule has 1 spiro atoms. The minimum absolute atomic E-state index is 0.0710. The highest BCUT2D eigenvalue weighted by atomic mass is 16.5. The third-order valence-electron chi connectivity index (χ3n) is 5.93. The van der Waals surface area contributed by atoms with Gasteiger partial charge in [0.2, 0.25) is 0 Å². The highest BCUT2D eigenvalue weighted by Gasteiger charge is 2.37. The quantitative estimate of drug-likeness (QED) is 0.859. The molecule has 0 radical (unpaired) electrons. The van der Waals surface area contributed by atoms with Crippen molar-refractivity contribution < 1.29 is 9.53 Å². The van der Waals surface area contributed by atoms with Gasteiger partial charge in [0, 0.05) is 36.3 Å². The number of carbonyl (C=O) groups is 1. The molecular formula is C21H23N3O2. The topological polar surface area (TPSA) is 58.2 Å². The summed E-state index contributed by atoms with van der Waals surface area (Å²) < 4.78 is 6.39. The van der Waals surface area contributed by atoms with Crippen LogP contribution in [0.5, 0.6) is 5.75 Å². The van der Waals surface area contributed by atoms with Crippen LogP contribution in [-0.4, -0.2) is 39.7 Å². The second-order valence-electron chi connectivity index (χ2n) is 7.57. The van der Waals surface area contributed by atoms with Crippen LogP contribution in [0.15, 0.2) is 30.3 Å². The molecule has 1 N–H and O–H groups in total. The van der Waals surface area contributed by atoms with E-state index < -0.39 is 0 Å². The van der Waals surface area contributed by atoms with Crippen LogP contribution in [0.25, 0.3) is 6.08 Å². The van der Waals surface area contributed by atoms with Crippen LogP contribution in [0.2, 0.25) is 0 Å². The van der Waals surface area contributed by atoms with Crippen LogP contribution in [0, 0.1) is 0 Å². The summed E-state index contributed by atoms with van der Waals surface area (Å²) in [5, 5.41) is 7.37. The van der Waals surface area contributed by atoms with Crippen molar-refractivity contribution in [2.45, 2.75) is 44.1 Å². The zero-order valence-corrected chi connectivity index (χ0v) is 14.8. The number of hydrogen-bond acceptors (Lipinski definition) is 3. The van der Waals surface area contributed by atoms with Gasteiger partial charge in [0.05, 0.1) is 0 Å². The Labute approximate surface area is 153 Å². The molecule has 2 aliphatic heterocycles. The maximum Gasteiger partial charge on any atom is 0.274 e. The van der Waals surface area contributed by atoms with E-state index >= 15 is 0 Å². The van der Waals surface area contributed by atoms with E-state index in [1.165, 1.54) is 0 Å². The number of aryl methyl sites for hydroxylation is 1. The van der Waals surface area contributed by atoms with Crippen molar-refractivity contribution in [1.29, 1.82) is 0 Å². The van der Waals surface area contributed by atoms with Gasteiger partial charge in [-0.2, -0.15) is 5.10 Å². The first kappa shape index (κ1) is 15.7. The Morgan fingerprint density at radius 1 is 1.15 bits per heavy atom. The van der Waals surface area contributed by atoms with Crippen molar-refractivity contribution >= 4 is 12.0 Å². The monoisotopic (exact) mass is 349 g/mol. The van der Waals surface area contributed by atoms with Gasteiger partial charge < -0.3 is 9.64 Å². The Balaban J connectivity index is 1.34. The molecule has 0 unspecified atom stereocenters. The molecule has 3 aliphatic rings. The van der Waals surface area contributed by atoms with Crippen LogP contribution in [0.1, 0.15) is 53.0 Å². The summed E-state index contributed by atoms with van der Waals surface area (Å²) in [6.45, 7) is 1.47. The number of nitrogens with zero attached hydrogens (tertiary/aromatic N) is 2. The molecule has 0 saturated carbocycles. The Hall–Kier alpha value is -2.56. The Morgan fingerprint density at radius 3 is 3.04 bits per heavy atom. The van der Waals surface area contributed by atoms with Crippen LogP contribution >= 0.6 is 0 Å². The van der Waals surface area contributed by atoms with Crippen LogP contribution < -0.4 is 4.74 Å². The summed E-state index contributed by atoms with van der Waals surface area (Å²) in [4.78, 5) is 15.0. The Kier molecular flexibility index (Phi) is 3.62. The number of ether oxygens (including phenoxy) is 1. The largest absolute Gasteiger partial charge is 0.483 e. The van der Waals surface area contributed by atoms with E-state index in [0.717, 1.165) is 67.6 Å². The van der Waals surface area contributed by atoms with Crippen LogP contribution in [-0.2, 0) is 12.8 Å². The van der Waals surface area contributed by atoms with Crippen LogP contribution in [0.3, 0.4) is 0 Å². The Bertz CT molecular complexity index is 885. The third kappa shape index (κ3) is 2.54. The SMILES string of the molecule is O=C(c1n[nH]c2c1CCC2)N1CCC[C@@]2(C=Cc3ccccc3O2)CC1. The van der Waals surface area contributed by atoms with E-state index in [9.17, 15) is 4.79 Å². The van der Waals surface area contributed by atoms with Gasteiger partial charge in [-0.05, 0) is 44.2 Å². The molecule has 26 heavy (non-hydrogen) atoms. The van der Waals surface area contributed by atoms with E-state index in [-0.39, 0.29) is 11.5 Å². The highest BCUT2D eigenvalue weighted by Crippen LogP contribution is 2.37. The lowest BCUT2D eigenvalue weighted by Gasteiger charge is -2.34. The molecule has 2 aromatic rings. The number of para-hydroxylation sites is 1. The summed E-state index contributed by atoms with van der Waals surface area (Å²) >= 11 is 0. The number of aromatic nitrogens is 2. The number of fused-ring (bicyclic) bond motifs is 2. The fourth-order valence-electron chi connectivity index (χ4n) is 4.45. The molecule has 1 amide bonds. The number of benzene rings is 1. The molecule has 1 aromatic carbocycles. The summed E-state index contributed by atoms with van der Waals surface area (Å²) in [7, 11) is 0. The predicted octanol–water partition coefficient (Wildman–Crippen LogP) is 3.37. The van der Waals surface area contributed by atoms with Gasteiger partial charge >= 0.3 is 0 Å². The number of H-pyrrole nitrogens is 1. The highest BCUT2D eigenvalue weighted by molar-refractivity contribution is 5.94. The summed E-state index contributed by atoms with van der Waals surface area (Å²) in [5.74, 6) is 1.02. The van der Waals surface area contributed by atoms with Gasteiger partial charge in [-0.1, -0.05) is 24.3 Å². The fraction of sp³-hybridized carbons (Fsp3) is 0.429. The fourth-order valence-corrected chi connectivity index (χ4v) is 4.45. The average molecular weight is 349 g/mol. The predicted molar refractivity (Wildman–Crippen MR) is 99.2 cm³/mol. The lowest BCUT2D eigenvalue weighted by molar-refractivity contribution is 0.0724. The van der Waals surface area contributed by atoms with Crippen molar-refractivity contribution in [3.63, 3.8) is 0 Å². The van der Waals surface area contributed by atoms with E-state index in [1.54, 1.807) is 0 Å². The standard InChI is InChI=1S/C21H23N3O2/c25-20(19-16-6-3-7-17(16)22-23-19)24-13-4-10-21(12-14-24)11-9-15-5-1-2-8-18(15)26-21/h1-2,5,8-9,11H,3-4,6-7,10,12-14H2,(H,22,23)/t21-/m1/s1. The average Bonchev–Trinajstić information content (AvgIpc) is 3.22. The molecule has 1 aromatic heterocycles. The van der Waals surface area contributed by atoms with Crippen molar-refractivity contribution in [1.82, 2.24) is 15.1 Å². The maximum atomic E-state index is 13.0. The number of carbonyl (C=O) groups excluding carboxylic acids is 1. The molecule has 1 aliphatic carbocycles. The number of likely N-dealkylation sites (tertiary alicyclic amines) is 1. The maximum absolute atomic E-state index is 13.0. The van der Waals surface area contributed by atoms with E-state index in [4.69, 9.17) is 4.74 Å². The second-order valence-corrected chi connectivity index (χ2v) is 7.57. The molecule has 1 atom stereocenters. The number of nitrogens with one attached hydrogen (secondary N) is 1. The molecular weight excluding hydrogens is 326 g/mol. The molecule has 0 bridgehead atoms. The van der Waals surface area contributed by atoms with Gasteiger partial charge in [0.15, 0.2) is 5.69 Å². The van der Waals surface area contributed by atoms with E-state index in [0.29, 0.717) is 12.2 Å². The molecule has 1 saturated heterocycles. The lowest BCUT2D eigenvalue weighted by atomic mass is 9.91. The zero-order valence-electron chi connectivity index (χ0n) is 14.8. The van der Waals surface area contributed by atoms with Crippen molar-refractivity contribution in [3.8, 4) is 5.75 Å². The number of aromatic amines is 1. The second kappa shape index (κ2) is 6.01. The van der Waals surface area contributed by atoms with Crippen LogP contribution in [0.4, 0.5) is 0 Å².